The van der Waals surface area contributed by atoms with E-state index >= 15 is 0 Å². The summed E-state index contributed by atoms with van der Waals surface area (Å²) in [6.07, 6.45) is 1.43. The predicted octanol–water partition coefficient (Wildman–Crippen LogP) is 0.591. The number of aromatic amines is 1. The molecule has 7 heteroatoms. The number of rotatable bonds is 1. The molecule has 76 valence electrons. The summed E-state index contributed by atoms with van der Waals surface area (Å²) < 4.78 is 0. The zero-order valence-corrected chi connectivity index (χ0v) is 8.58. The normalized spacial score (nSPS) is 14.1. The van der Waals surface area contributed by atoms with Gasteiger partial charge in [0.05, 0.1) is 5.69 Å². The van der Waals surface area contributed by atoms with E-state index < -0.39 is 0 Å². The number of fused-ring (bicyclic) bond motifs is 1. The number of hydrogen-bond donors (Lipinski definition) is 2. The molecule has 3 rings (SSSR count). The van der Waals surface area contributed by atoms with Gasteiger partial charge in [0.1, 0.15) is 12.1 Å². The molecule has 0 atom stereocenters. The first-order valence-corrected chi connectivity index (χ1v) is 5.59. The minimum Gasteiger partial charge on any atom is -0.383 e. The fourth-order valence-corrected chi connectivity index (χ4v) is 2.55. The molecule has 0 bridgehead atoms. The number of nitrogen functional groups attached to an aromatic ring is 1. The fraction of sp³-hybridized carbons (Fsp3) is 0.250. The molecule has 0 saturated carbocycles. The lowest BCUT2D eigenvalue weighted by Gasteiger charge is -2.03. The molecule has 0 aromatic carbocycles. The van der Waals surface area contributed by atoms with Crippen LogP contribution in [0, 0.1) is 0 Å². The topological polar surface area (TPSA) is 93.4 Å². The molecule has 1 aliphatic rings. The highest BCUT2D eigenvalue weighted by molar-refractivity contribution is 7.98. The lowest BCUT2D eigenvalue weighted by atomic mass is 10.2. The van der Waals surface area contributed by atoms with Crippen LogP contribution in [0.2, 0.25) is 0 Å². The number of aromatic nitrogens is 5. The summed E-state index contributed by atoms with van der Waals surface area (Å²) in [6.45, 7) is 0. The Labute approximate surface area is 89.7 Å². The Kier molecular flexibility index (Phi) is 1.84. The van der Waals surface area contributed by atoms with Gasteiger partial charge >= 0.3 is 0 Å². The van der Waals surface area contributed by atoms with Gasteiger partial charge in [-0.1, -0.05) is 0 Å². The number of nitrogens with one attached hydrogen (secondary N) is 1. The van der Waals surface area contributed by atoms with Crippen LogP contribution in [-0.2, 0) is 11.5 Å². The molecular weight excluding hydrogens is 212 g/mol. The first kappa shape index (κ1) is 8.66. The summed E-state index contributed by atoms with van der Waals surface area (Å²) in [4.78, 5) is 12.6. The molecule has 0 spiro atoms. The molecule has 15 heavy (non-hydrogen) atoms. The van der Waals surface area contributed by atoms with Gasteiger partial charge in [-0.3, -0.25) is 5.10 Å². The van der Waals surface area contributed by atoms with Crippen LogP contribution in [0.25, 0.3) is 11.6 Å². The van der Waals surface area contributed by atoms with Crippen molar-refractivity contribution in [1.82, 2.24) is 25.1 Å². The van der Waals surface area contributed by atoms with E-state index in [1.807, 2.05) is 0 Å². The molecular formula is C8H8N6S. The zero-order chi connectivity index (χ0) is 10.3. The molecule has 2 aromatic rings. The first-order chi connectivity index (χ1) is 7.34. The van der Waals surface area contributed by atoms with Crippen LogP contribution >= 0.6 is 11.8 Å². The fourth-order valence-electron chi connectivity index (χ4n) is 1.50. The van der Waals surface area contributed by atoms with E-state index in [0.29, 0.717) is 17.5 Å². The van der Waals surface area contributed by atoms with Crippen LogP contribution in [0.3, 0.4) is 0 Å². The van der Waals surface area contributed by atoms with Crippen molar-refractivity contribution in [3.63, 3.8) is 0 Å². The van der Waals surface area contributed by atoms with Crippen molar-refractivity contribution in [2.45, 2.75) is 11.5 Å². The summed E-state index contributed by atoms with van der Waals surface area (Å²) >= 11 is 1.79. The number of hydrogen-bond acceptors (Lipinski definition) is 6. The summed E-state index contributed by atoms with van der Waals surface area (Å²) in [6, 6.07) is 0. The van der Waals surface area contributed by atoms with Crippen LogP contribution in [0.1, 0.15) is 11.3 Å². The Morgan fingerprint density at radius 3 is 3.07 bits per heavy atom. The number of thioether (sulfide) groups is 1. The Morgan fingerprint density at radius 2 is 2.27 bits per heavy atom. The first-order valence-electron chi connectivity index (χ1n) is 4.43. The number of nitrogens with two attached hydrogens (primary N) is 1. The molecule has 3 N–H and O–H groups in total. The van der Waals surface area contributed by atoms with Gasteiger partial charge in [0.2, 0.25) is 0 Å². The largest absolute Gasteiger partial charge is 0.383 e. The molecule has 0 unspecified atom stereocenters. The van der Waals surface area contributed by atoms with E-state index in [1.54, 1.807) is 11.8 Å². The maximum absolute atomic E-state index is 5.85. The lowest BCUT2D eigenvalue weighted by molar-refractivity contribution is 1.03. The smallest absolute Gasteiger partial charge is 0.199 e. The molecule has 0 amide bonds. The molecule has 6 nitrogen and oxygen atoms in total. The summed E-state index contributed by atoms with van der Waals surface area (Å²) in [5, 5.41) is 6.48. The Balaban J connectivity index is 2.15. The summed E-state index contributed by atoms with van der Waals surface area (Å²) in [5.74, 6) is 3.42. The van der Waals surface area contributed by atoms with Crippen molar-refractivity contribution >= 4 is 17.6 Å². The van der Waals surface area contributed by atoms with Crippen LogP contribution in [0.5, 0.6) is 0 Å². The van der Waals surface area contributed by atoms with E-state index in [-0.39, 0.29) is 0 Å². The summed E-state index contributed by atoms with van der Waals surface area (Å²) in [5.41, 5.74) is 7.92. The Hall–Kier alpha value is -1.63. The van der Waals surface area contributed by atoms with Crippen molar-refractivity contribution < 1.29 is 0 Å². The molecule has 2 aromatic heterocycles. The second-order valence-corrected chi connectivity index (χ2v) is 4.17. The van der Waals surface area contributed by atoms with Gasteiger partial charge in [-0.2, -0.15) is 16.9 Å². The average Bonchev–Trinajstić information content (AvgIpc) is 2.88. The van der Waals surface area contributed by atoms with E-state index in [0.717, 1.165) is 22.8 Å². The highest BCUT2D eigenvalue weighted by Crippen LogP contribution is 2.32. The van der Waals surface area contributed by atoms with Crippen LogP contribution in [0.15, 0.2) is 6.33 Å². The van der Waals surface area contributed by atoms with Gasteiger partial charge in [0.25, 0.3) is 0 Å². The molecule has 0 saturated heterocycles. The lowest BCUT2D eigenvalue weighted by Crippen LogP contribution is -2.03. The highest BCUT2D eigenvalue weighted by Gasteiger charge is 2.19. The number of nitrogens with zero attached hydrogens (tertiary/aromatic N) is 4. The zero-order valence-electron chi connectivity index (χ0n) is 7.77. The molecule has 3 heterocycles. The second kappa shape index (κ2) is 3.20. The van der Waals surface area contributed by atoms with Crippen LogP contribution in [0.4, 0.5) is 5.82 Å². The number of H-pyrrole nitrogens is 1. The third-order valence-electron chi connectivity index (χ3n) is 2.24. The van der Waals surface area contributed by atoms with Crippen LogP contribution in [-0.4, -0.2) is 25.1 Å². The maximum atomic E-state index is 5.85. The van der Waals surface area contributed by atoms with Gasteiger partial charge in [-0.25, -0.2) is 15.0 Å². The van der Waals surface area contributed by atoms with Gasteiger partial charge < -0.3 is 5.73 Å². The van der Waals surface area contributed by atoms with E-state index in [2.05, 4.69) is 25.1 Å². The van der Waals surface area contributed by atoms with Crippen molar-refractivity contribution in [3.8, 4) is 11.6 Å². The third kappa shape index (κ3) is 1.35. The van der Waals surface area contributed by atoms with Crippen molar-refractivity contribution in [2.24, 2.45) is 0 Å². The van der Waals surface area contributed by atoms with Gasteiger partial charge in [0.15, 0.2) is 11.6 Å². The van der Waals surface area contributed by atoms with Gasteiger partial charge in [-0.15, -0.1) is 0 Å². The Bertz CT molecular complexity index is 494. The minimum absolute atomic E-state index is 0.520. The van der Waals surface area contributed by atoms with Crippen molar-refractivity contribution in [2.75, 3.05) is 5.73 Å². The average molecular weight is 220 g/mol. The minimum atomic E-state index is 0.520. The SMILES string of the molecule is Nc1nc(-c2ncn[nH]2)nc2c1CSC2. The van der Waals surface area contributed by atoms with Crippen molar-refractivity contribution in [1.29, 1.82) is 0 Å². The van der Waals surface area contributed by atoms with Gasteiger partial charge in [0, 0.05) is 17.1 Å². The van der Waals surface area contributed by atoms with Crippen LogP contribution < -0.4 is 5.73 Å². The molecule has 0 aliphatic carbocycles. The molecule has 0 fully saturated rings. The van der Waals surface area contributed by atoms with E-state index in [9.17, 15) is 0 Å². The number of anilines is 1. The van der Waals surface area contributed by atoms with Crippen molar-refractivity contribution in [3.05, 3.63) is 17.6 Å². The highest BCUT2D eigenvalue weighted by atomic mass is 32.2. The third-order valence-corrected chi connectivity index (χ3v) is 3.21. The van der Waals surface area contributed by atoms with E-state index in [4.69, 9.17) is 5.73 Å². The molecule has 1 aliphatic heterocycles. The van der Waals surface area contributed by atoms with E-state index in [1.165, 1.54) is 6.33 Å². The second-order valence-electron chi connectivity index (χ2n) is 3.18. The predicted molar refractivity (Wildman–Crippen MR) is 56.8 cm³/mol. The molecule has 0 radical (unpaired) electrons. The quantitative estimate of drug-likeness (QED) is 0.730. The standard InChI is InChI=1S/C8H8N6S/c9-6-4-1-15-2-5(4)12-8(13-6)7-10-3-11-14-7/h3H,1-2H2,(H2,9,12,13)(H,10,11,14). The monoisotopic (exact) mass is 220 g/mol. The maximum Gasteiger partial charge on any atom is 0.199 e. The Morgan fingerprint density at radius 1 is 1.33 bits per heavy atom. The summed E-state index contributed by atoms with van der Waals surface area (Å²) in [7, 11) is 0. The van der Waals surface area contributed by atoms with Gasteiger partial charge in [-0.05, 0) is 0 Å².